The fraction of sp³-hybridized carbons (Fsp3) is 0.458. The van der Waals surface area contributed by atoms with E-state index in [2.05, 4.69) is 10.2 Å². The molecule has 4 rings (SSSR count). The minimum Gasteiger partial charge on any atom is -0.493 e. The van der Waals surface area contributed by atoms with Gasteiger partial charge < -0.3 is 19.7 Å². The Morgan fingerprint density at radius 2 is 1.74 bits per heavy atom. The van der Waals surface area contributed by atoms with Crippen LogP contribution in [0.3, 0.4) is 0 Å². The molecule has 6 nitrogen and oxygen atoms in total. The van der Waals surface area contributed by atoms with Gasteiger partial charge in [0.05, 0.1) is 13.2 Å². The summed E-state index contributed by atoms with van der Waals surface area (Å²) in [5.74, 6) is 1.14. The van der Waals surface area contributed by atoms with E-state index in [-0.39, 0.29) is 18.0 Å². The minimum absolute atomic E-state index is 0.113. The molecule has 2 amide bonds. The Labute approximate surface area is 182 Å². The van der Waals surface area contributed by atoms with Gasteiger partial charge in [0.25, 0.3) is 0 Å². The Morgan fingerprint density at radius 3 is 2.42 bits per heavy atom. The maximum atomic E-state index is 13.1. The van der Waals surface area contributed by atoms with Gasteiger partial charge in [-0.05, 0) is 55.5 Å². The zero-order valence-corrected chi connectivity index (χ0v) is 18.0. The number of amides is 2. The molecule has 0 bridgehead atoms. The van der Waals surface area contributed by atoms with Crippen molar-refractivity contribution in [1.82, 2.24) is 9.80 Å². The molecule has 2 aliphatic rings. The molecule has 1 aliphatic carbocycles. The molecule has 166 valence electrons. The molecular formula is C24H30FN3O3. The standard InChI is InChI=1S/C24H30FN3O3/c1-30-22-11-10-20(16-23(22)31-21-4-2-3-5-21)26-24(29)28-14-12-27(13-15-28)17-18-6-8-19(25)9-7-18/h6-11,16,21H,2-5,12-15,17H2,1H3,(H,26,29). The average Bonchev–Trinajstić information content (AvgIpc) is 3.29. The highest BCUT2D eigenvalue weighted by atomic mass is 19.1. The number of nitrogens with one attached hydrogen (secondary N) is 1. The first-order chi connectivity index (χ1) is 15.1. The number of carbonyl (C=O) groups is 1. The SMILES string of the molecule is COc1ccc(NC(=O)N2CCN(Cc3ccc(F)cc3)CC2)cc1OC1CCCC1. The van der Waals surface area contributed by atoms with E-state index in [1.165, 1.54) is 25.0 Å². The predicted octanol–water partition coefficient (Wildman–Crippen LogP) is 4.51. The number of urea groups is 1. The van der Waals surface area contributed by atoms with Crippen LogP contribution in [0.25, 0.3) is 0 Å². The predicted molar refractivity (Wildman–Crippen MR) is 118 cm³/mol. The summed E-state index contributed by atoms with van der Waals surface area (Å²) in [6, 6.07) is 12.0. The number of ether oxygens (including phenoxy) is 2. The molecule has 2 aromatic carbocycles. The molecular weight excluding hydrogens is 397 g/mol. The Balaban J connectivity index is 1.30. The van der Waals surface area contributed by atoms with Crippen molar-refractivity contribution in [1.29, 1.82) is 0 Å². The number of piperazine rings is 1. The molecule has 1 N–H and O–H groups in total. The van der Waals surface area contributed by atoms with Gasteiger partial charge in [0, 0.05) is 44.5 Å². The van der Waals surface area contributed by atoms with Gasteiger partial charge in [0.2, 0.25) is 0 Å². The quantitative estimate of drug-likeness (QED) is 0.737. The van der Waals surface area contributed by atoms with Crippen molar-refractivity contribution in [2.45, 2.75) is 38.3 Å². The number of anilines is 1. The van der Waals surface area contributed by atoms with Crippen LogP contribution in [-0.4, -0.2) is 55.2 Å². The maximum Gasteiger partial charge on any atom is 0.321 e. The highest BCUT2D eigenvalue weighted by Crippen LogP contribution is 2.34. The highest BCUT2D eigenvalue weighted by molar-refractivity contribution is 5.89. The normalized spacial score (nSPS) is 17.5. The first-order valence-electron chi connectivity index (χ1n) is 11.0. The van der Waals surface area contributed by atoms with E-state index in [1.54, 1.807) is 7.11 Å². The minimum atomic E-state index is -0.222. The van der Waals surface area contributed by atoms with Crippen LogP contribution < -0.4 is 14.8 Å². The summed E-state index contributed by atoms with van der Waals surface area (Å²) in [4.78, 5) is 16.9. The number of benzene rings is 2. The molecule has 31 heavy (non-hydrogen) atoms. The summed E-state index contributed by atoms with van der Waals surface area (Å²) in [7, 11) is 1.63. The van der Waals surface area contributed by atoms with Gasteiger partial charge >= 0.3 is 6.03 Å². The van der Waals surface area contributed by atoms with Crippen LogP contribution in [0.1, 0.15) is 31.2 Å². The largest absolute Gasteiger partial charge is 0.493 e. The first kappa shape index (κ1) is 21.4. The molecule has 0 radical (unpaired) electrons. The maximum absolute atomic E-state index is 13.1. The van der Waals surface area contributed by atoms with E-state index in [0.29, 0.717) is 30.3 Å². The Morgan fingerprint density at radius 1 is 1.03 bits per heavy atom. The van der Waals surface area contributed by atoms with Crippen LogP contribution in [0.5, 0.6) is 11.5 Å². The zero-order valence-electron chi connectivity index (χ0n) is 18.0. The lowest BCUT2D eigenvalue weighted by molar-refractivity contribution is 0.143. The number of rotatable bonds is 6. The summed E-state index contributed by atoms with van der Waals surface area (Å²) in [6.45, 7) is 3.62. The van der Waals surface area contributed by atoms with Crippen LogP contribution in [0.4, 0.5) is 14.9 Å². The van der Waals surface area contributed by atoms with Gasteiger partial charge in [-0.2, -0.15) is 0 Å². The molecule has 1 saturated heterocycles. The van der Waals surface area contributed by atoms with Crippen molar-refractivity contribution < 1.29 is 18.7 Å². The van der Waals surface area contributed by atoms with E-state index in [1.807, 2.05) is 35.2 Å². The number of methoxy groups -OCH3 is 1. The van der Waals surface area contributed by atoms with E-state index in [4.69, 9.17) is 9.47 Å². The van der Waals surface area contributed by atoms with Crippen LogP contribution in [0, 0.1) is 5.82 Å². The van der Waals surface area contributed by atoms with Gasteiger partial charge in [-0.25, -0.2) is 9.18 Å². The van der Waals surface area contributed by atoms with Crippen molar-refractivity contribution in [3.05, 3.63) is 53.8 Å². The lowest BCUT2D eigenvalue weighted by Crippen LogP contribution is -2.49. The van der Waals surface area contributed by atoms with Crippen LogP contribution in [0.2, 0.25) is 0 Å². The fourth-order valence-electron chi connectivity index (χ4n) is 4.19. The smallest absolute Gasteiger partial charge is 0.321 e. The number of halogens is 1. The van der Waals surface area contributed by atoms with Crippen LogP contribution in [-0.2, 0) is 6.54 Å². The summed E-state index contributed by atoms with van der Waals surface area (Å²) in [5.41, 5.74) is 1.78. The first-order valence-corrected chi connectivity index (χ1v) is 11.0. The summed E-state index contributed by atoms with van der Waals surface area (Å²) >= 11 is 0. The van der Waals surface area contributed by atoms with Gasteiger partial charge in [-0.15, -0.1) is 0 Å². The van der Waals surface area contributed by atoms with Crippen molar-refractivity contribution in [3.8, 4) is 11.5 Å². The van der Waals surface area contributed by atoms with Crippen LogP contribution in [0.15, 0.2) is 42.5 Å². The third kappa shape index (κ3) is 5.67. The number of hydrogen-bond donors (Lipinski definition) is 1. The van der Waals surface area contributed by atoms with E-state index < -0.39 is 0 Å². The Hall–Kier alpha value is -2.80. The van der Waals surface area contributed by atoms with Gasteiger partial charge in [0.1, 0.15) is 5.82 Å². The lowest BCUT2D eigenvalue weighted by atomic mass is 10.2. The van der Waals surface area contributed by atoms with Crippen LogP contribution >= 0.6 is 0 Å². The topological polar surface area (TPSA) is 54.0 Å². The summed E-state index contributed by atoms with van der Waals surface area (Å²) < 4.78 is 24.6. The zero-order chi connectivity index (χ0) is 21.6. The second-order valence-electron chi connectivity index (χ2n) is 8.21. The second-order valence-corrected chi connectivity index (χ2v) is 8.21. The number of nitrogens with zero attached hydrogens (tertiary/aromatic N) is 2. The molecule has 1 heterocycles. The molecule has 1 saturated carbocycles. The number of hydrogen-bond acceptors (Lipinski definition) is 4. The van der Waals surface area contributed by atoms with Crippen molar-refractivity contribution in [2.24, 2.45) is 0 Å². The molecule has 0 unspecified atom stereocenters. The van der Waals surface area contributed by atoms with Crippen molar-refractivity contribution in [3.63, 3.8) is 0 Å². The average molecular weight is 428 g/mol. The molecule has 0 spiro atoms. The van der Waals surface area contributed by atoms with Gasteiger partial charge in [-0.1, -0.05) is 12.1 Å². The molecule has 0 aromatic heterocycles. The lowest BCUT2D eigenvalue weighted by Gasteiger charge is -2.34. The third-order valence-electron chi connectivity index (χ3n) is 5.99. The fourth-order valence-corrected chi connectivity index (χ4v) is 4.19. The Kier molecular flexibility index (Phi) is 6.92. The molecule has 1 aliphatic heterocycles. The molecule has 0 atom stereocenters. The van der Waals surface area contributed by atoms with E-state index in [0.717, 1.165) is 38.0 Å². The third-order valence-corrected chi connectivity index (χ3v) is 5.99. The summed E-state index contributed by atoms with van der Waals surface area (Å²) in [5, 5.41) is 2.99. The molecule has 2 aromatic rings. The molecule has 7 heteroatoms. The highest BCUT2D eigenvalue weighted by Gasteiger charge is 2.22. The summed E-state index contributed by atoms with van der Waals surface area (Å²) in [6.07, 6.45) is 4.71. The monoisotopic (exact) mass is 427 g/mol. The Bertz CT molecular complexity index is 876. The van der Waals surface area contributed by atoms with Gasteiger partial charge in [0.15, 0.2) is 11.5 Å². The molecule has 2 fully saturated rings. The second kappa shape index (κ2) is 10.0. The van der Waals surface area contributed by atoms with E-state index in [9.17, 15) is 9.18 Å². The van der Waals surface area contributed by atoms with Crippen molar-refractivity contribution >= 4 is 11.7 Å². The van der Waals surface area contributed by atoms with E-state index >= 15 is 0 Å². The number of carbonyl (C=O) groups excluding carboxylic acids is 1. The van der Waals surface area contributed by atoms with Gasteiger partial charge in [-0.3, -0.25) is 4.90 Å². The van der Waals surface area contributed by atoms with Crippen molar-refractivity contribution in [2.75, 3.05) is 38.6 Å².